The third kappa shape index (κ3) is 10.9. The van der Waals surface area contributed by atoms with Gasteiger partial charge in [-0.15, -0.1) is 0 Å². The summed E-state index contributed by atoms with van der Waals surface area (Å²) in [6.45, 7) is 0. The number of benzene rings is 4. The number of ether oxygens (including phenoxy) is 2. The third-order valence-electron chi connectivity index (χ3n) is 7.83. The third-order valence-corrected chi connectivity index (χ3v) is 7.83. The molecule has 0 aromatic heterocycles. The van der Waals surface area contributed by atoms with E-state index >= 15 is 0 Å². The van der Waals surface area contributed by atoms with E-state index in [0.717, 1.165) is 23.3 Å². The maximum atomic E-state index is 13.6. The number of esters is 2. The molecule has 4 aromatic carbocycles. The molecule has 8 heteroatoms. The van der Waals surface area contributed by atoms with Gasteiger partial charge in [0.05, 0.1) is 11.8 Å². The number of allylic oxidation sites excluding steroid dienone is 2. The molecule has 0 spiro atoms. The fourth-order valence-corrected chi connectivity index (χ4v) is 5.35. The van der Waals surface area contributed by atoms with E-state index in [2.05, 4.69) is 0 Å². The van der Waals surface area contributed by atoms with Gasteiger partial charge in [-0.1, -0.05) is 133 Å². The van der Waals surface area contributed by atoms with Crippen molar-refractivity contribution in [2.45, 2.75) is 24.3 Å². The van der Waals surface area contributed by atoms with Crippen molar-refractivity contribution in [2.24, 2.45) is 0 Å². The summed E-state index contributed by atoms with van der Waals surface area (Å²) in [6, 6.07) is 37.0. The van der Waals surface area contributed by atoms with Crippen molar-refractivity contribution in [2.75, 3.05) is 28.2 Å². The molecule has 256 valence electrons. The van der Waals surface area contributed by atoms with Crippen LogP contribution in [0.4, 0.5) is 0 Å². The molecule has 0 saturated carbocycles. The second kappa shape index (κ2) is 18.7. The summed E-state index contributed by atoms with van der Waals surface area (Å²) >= 11 is 0. The maximum absolute atomic E-state index is 13.6. The molecule has 0 heterocycles. The molecule has 0 aliphatic heterocycles. The lowest BCUT2D eigenvalue weighted by Crippen LogP contribution is -2.41. The lowest BCUT2D eigenvalue weighted by Gasteiger charge is -2.31. The van der Waals surface area contributed by atoms with Crippen LogP contribution in [-0.2, 0) is 28.7 Å². The lowest BCUT2D eigenvalue weighted by atomic mass is 9.91. The van der Waals surface area contributed by atoms with Crippen LogP contribution in [-0.4, -0.2) is 74.0 Å². The Morgan fingerprint density at radius 3 is 1.06 bits per heavy atom. The van der Waals surface area contributed by atoms with Crippen molar-refractivity contribution in [1.82, 2.24) is 9.80 Å². The molecule has 8 nitrogen and oxygen atoms in total. The van der Waals surface area contributed by atoms with Gasteiger partial charge in [-0.3, -0.25) is 19.4 Å². The highest BCUT2D eigenvalue weighted by Gasteiger charge is 2.34. The predicted molar refractivity (Wildman–Crippen MR) is 196 cm³/mol. The maximum Gasteiger partial charge on any atom is 0.332 e. The highest BCUT2D eigenvalue weighted by Crippen LogP contribution is 2.28. The summed E-state index contributed by atoms with van der Waals surface area (Å²) < 4.78 is 11.6. The molecule has 0 saturated heterocycles. The van der Waals surface area contributed by atoms with E-state index in [4.69, 9.17) is 9.47 Å². The molecule has 0 bridgehead atoms. The number of carbonyl (C=O) groups excluding carboxylic acids is 4. The van der Waals surface area contributed by atoms with E-state index in [1.54, 1.807) is 74.4 Å². The van der Waals surface area contributed by atoms with Gasteiger partial charge >= 0.3 is 11.9 Å². The van der Waals surface area contributed by atoms with Crippen LogP contribution in [0.15, 0.2) is 146 Å². The number of ketones is 2. The molecule has 0 aliphatic rings. The van der Waals surface area contributed by atoms with Gasteiger partial charge < -0.3 is 9.47 Å². The lowest BCUT2D eigenvalue weighted by molar-refractivity contribution is -0.157. The molecule has 4 unspecified atom stereocenters. The highest BCUT2D eigenvalue weighted by atomic mass is 16.6. The molecule has 0 amide bonds. The van der Waals surface area contributed by atoms with Gasteiger partial charge in [0, 0.05) is 12.2 Å². The monoisotopic (exact) mass is 670 g/mol. The van der Waals surface area contributed by atoms with Gasteiger partial charge in [-0.05, 0) is 62.6 Å². The summed E-state index contributed by atoms with van der Waals surface area (Å²) in [6.07, 6.45) is 6.33. The summed E-state index contributed by atoms with van der Waals surface area (Å²) in [5.41, 5.74) is 3.03. The average molecular weight is 671 g/mol. The van der Waals surface area contributed by atoms with E-state index in [0.29, 0.717) is 11.1 Å². The van der Waals surface area contributed by atoms with Crippen molar-refractivity contribution in [3.05, 3.63) is 168 Å². The standard InChI is InChI=1S/C42H42N2O6/c1-43(2)41(39(33-21-13-7-14-22-33)35(45)27-25-31-17-9-5-10-18-31)49-37(47)29-30-38(48)50-42(44(3)4)40(34-23-15-8-16-24-34)36(46)28-26-32-19-11-6-12-20-32/h5-30,39-42H,1-4H3/b27-25?,28-26?,30-29-. The number of rotatable bonds is 16. The molecule has 4 aromatic rings. The van der Waals surface area contributed by atoms with Gasteiger partial charge in [0.2, 0.25) is 0 Å². The Bertz CT molecular complexity index is 1650. The van der Waals surface area contributed by atoms with Crippen molar-refractivity contribution in [3.8, 4) is 0 Å². The van der Waals surface area contributed by atoms with E-state index in [9.17, 15) is 19.2 Å². The zero-order chi connectivity index (χ0) is 35.9. The molecule has 0 N–H and O–H groups in total. The Hall–Kier alpha value is -5.70. The minimum atomic E-state index is -0.996. The smallest absolute Gasteiger partial charge is 0.332 e. The molecule has 4 atom stereocenters. The van der Waals surface area contributed by atoms with Gasteiger partial charge in [-0.2, -0.15) is 0 Å². The molecular formula is C42H42N2O6. The van der Waals surface area contributed by atoms with E-state index in [1.807, 2.05) is 97.1 Å². The minimum absolute atomic E-state index is 0.262. The van der Waals surface area contributed by atoms with Crippen LogP contribution in [0.2, 0.25) is 0 Å². The predicted octanol–water partition coefficient (Wildman–Crippen LogP) is 6.54. The molecule has 0 fully saturated rings. The second-order valence-corrected chi connectivity index (χ2v) is 12.0. The first kappa shape index (κ1) is 37.1. The van der Waals surface area contributed by atoms with Crippen molar-refractivity contribution >= 4 is 35.7 Å². The van der Waals surface area contributed by atoms with Crippen LogP contribution in [0.1, 0.15) is 34.1 Å². The normalized spacial score (nSPS) is 14.1. The van der Waals surface area contributed by atoms with Crippen molar-refractivity contribution < 1.29 is 28.7 Å². The number of hydrogen-bond acceptors (Lipinski definition) is 8. The molecular weight excluding hydrogens is 628 g/mol. The summed E-state index contributed by atoms with van der Waals surface area (Å²) in [5, 5.41) is 0. The van der Waals surface area contributed by atoms with E-state index in [1.165, 1.54) is 12.2 Å². The van der Waals surface area contributed by atoms with Crippen LogP contribution in [0.25, 0.3) is 12.2 Å². The van der Waals surface area contributed by atoms with Gasteiger partial charge in [0.15, 0.2) is 24.0 Å². The second-order valence-electron chi connectivity index (χ2n) is 12.0. The minimum Gasteiger partial charge on any atom is -0.442 e. The van der Waals surface area contributed by atoms with Gasteiger partial charge in [0.1, 0.15) is 0 Å². The quantitative estimate of drug-likeness (QED) is 0.0755. The Morgan fingerprint density at radius 2 is 0.760 bits per heavy atom. The van der Waals surface area contributed by atoms with Crippen LogP contribution in [0.5, 0.6) is 0 Å². The van der Waals surface area contributed by atoms with Crippen molar-refractivity contribution in [3.63, 3.8) is 0 Å². The average Bonchev–Trinajstić information content (AvgIpc) is 3.13. The molecule has 50 heavy (non-hydrogen) atoms. The largest absolute Gasteiger partial charge is 0.442 e. The van der Waals surface area contributed by atoms with Crippen LogP contribution < -0.4 is 0 Å². The Morgan fingerprint density at radius 1 is 0.460 bits per heavy atom. The summed E-state index contributed by atoms with van der Waals surface area (Å²) in [4.78, 5) is 56.8. The Balaban J connectivity index is 1.52. The fourth-order valence-electron chi connectivity index (χ4n) is 5.35. The zero-order valence-corrected chi connectivity index (χ0v) is 28.7. The van der Waals surface area contributed by atoms with Gasteiger partial charge in [0.25, 0.3) is 0 Å². The van der Waals surface area contributed by atoms with Crippen LogP contribution >= 0.6 is 0 Å². The Kier molecular flexibility index (Phi) is 13.9. The van der Waals surface area contributed by atoms with Crippen LogP contribution in [0.3, 0.4) is 0 Å². The molecule has 4 rings (SSSR count). The van der Waals surface area contributed by atoms with Crippen LogP contribution in [0, 0.1) is 0 Å². The van der Waals surface area contributed by atoms with Crippen molar-refractivity contribution in [1.29, 1.82) is 0 Å². The molecule has 0 radical (unpaired) electrons. The molecule has 0 aliphatic carbocycles. The highest BCUT2D eigenvalue weighted by molar-refractivity contribution is 6.00. The Labute approximate surface area is 293 Å². The summed E-state index contributed by atoms with van der Waals surface area (Å²) in [7, 11) is 6.81. The summed E-state index contributed by atoms with van der Waals surface area (Å²) in [5.74, 6) is -3.91. The van der Waals surface area contributed by atoms with E-state index < -0.39 is 36.2 Å². The first-order valence-corrected chi connectivity index (χ1v) is 16.2. The fraction of sp³-hybridized carbons (Fsp3) is 0.190. The first-order valence-electron chi connectivity index (χ1n) is 16.2. The van der Waals surface area contributed by atoms with E-state index in [-0.39, 0.29) is 11.6 Å². The number of hydrogen-bond donors (Lipinski definition) is 0. The number of likely N-dealkylation sites (N-methyl/N-ethyl adjacent to an activating group) is 2. The zero-order valence-electron chi connectivity index (χ0n) is 28.7. The van der Waals surface area contributed by atoms with Gasteiger partial charge in [-0.25, -0.2) is 9.59 Å². The SMILES string of the molecule is CN(C)C(OC(=O)/C=C\C(=O)OC(C(C(=O)C=Cc1ccccc1)c1ccccc1)N(C)C)C(C(=O)C=Cc1ccccc1)c1ccccc1. The number of carbonyl (C=O) groups is 4. The first-order chi connectivity index (χ1) is 24.1. The number of nitrogens with zero attached hydrogens (tertiary/aromatic N) is 2. The topological polar surface area (TPSA) is 93.2 Å².